The fraction of sp³-hybridized carbons (Fsp3) is 0.949. The number of ether oxygens (including phenoxy) is 4. The second-order valence-electron chi connectivity index (χ2n) is 18.1. The topological polar surface area (TPSA) is 239 Å². The van der Waals surface area contributed by atoms with E-state index >= 15 is 0 Å². The van der Waals surface area contributed by atoms with Gasteiger partial charge >= 0.3 is 0 Å². The van der Waals surface area contributed by atoms with Crippen molar-refractivity contribution in [3.05, 3.63) is 11.6 Å². The Morgan fingerprint density at radius 3 is 1.92 bits per heavy atom. The van der Waals surface area contributed by atoms with Gasteiger partial charge in [-0.1, -0.05) is 46.3 Å². The van der Waals surface area contributed by atoms with Gasteiger partial charge in [0.1, 0.15) is 48.8 Å². The Kier molecular flexibility index (Phi) is 12.8. The Morgan fingerprint density at radius 2 is 1.36 bits per heavy atom. The van der Waals surface area contributed by atoms with Crippen LogP contribution in [-0.2, 0) is 18.9 Å². The van der Waals surface area contributed by atoms with Crippen LogP contribution in [0.5, 0.6) is 0 Å². The molecule has 2 saturated heterocycles. The van der Waals surface area contributed by atoms with Gasteiger partial charge in [-0.15, -0.1) is 0 Å². The molecule has 0 aromatic carbocycles. The first-order valence-electron chi connectivity index (χ1n) is 19.9. The molecular formula is C39H66O14. The zero-order chi connectivity index (χ0) is 38.7. The van der Waals surface area contributed by atoms with E-state index in [4.69, 9.17) is 18.9 Å². The smallest absolute Gasteiger partial charge is 0.187 e. The average molecular weight is 759 g/mol. The van der Waals surface area contributed by atoms with Crippen molar-refractivity contribution in [1.29, 1.82) is 0 Å². The van der Waals surface area contributed by atoms with Gasteiger partial charge in [0.15, 0.2) is 12.6 Å². The summed E-state index contributed by atoms with van der Waals surface area (Å²) >= 11 is 0. The molecule has 14 heteroatoms. The van der Waals surface area contributed by atoms with Gasteiger partial charge in [-0.3, -0.25) is 0 Å². The minimum absolute atomic E-state index is 0.0794. The van der Waals surface area contributed by atoms with Crippen molar-refractivity contribution in [3.63, 3.8) is 0 Å². The molecule has 2 aliphatic heterocycles. The summed E-state index contributed by atoms with van der Waals surface area (Å²) in [5.41, 5.74) is 0.176. The standard InChI is InChI=1S/C39H66O14/c1-17(2)6-9-24(43)18(3)29-25(50-36-34(48)32(46)30(44)26(15-40)51-36)14-23-21-8-7-19-12-20(42)13-28(39(19,5)22(21)10-11-38(23,29)4)53-37-35(49)33(47)31(45)27(16-41)52-37/h7,17-18,20-37,40-49H,6,8-16H2,1-5H3/t18-,20-,21-,22+,23-,24+,25+,26-,27-,28-,29+,30+,31-,32-,33-,34-,35-,36+,37+,38+,39+/m1/s1. The van der Waals surface area contributed by atoms with Crippen LogP contribution in [0.1, 0.15) is 86.0 Å². The zero-order valence-corrected chi connectivity index (χ0v) is 31.8. The van der Waals surface area contributed by atoms with E-state index in [0.29, 0.717) is 25.2 Å². The predicted molar refractivity (Wildman–Crippen MR) is 188 cm³/mol. The lowest BCUT2D eigenvalue weighted by molar-refractivity contribution is -0.324. The number of hydrogen-bond acceptors (Lipinski definition) is 14. The van der Waals surface area contributed by atoms with Crippen molar-refractivity contribution in [3.8, 4) is 0 Å². The Bertz CT molecular complexity index is 1260. The van der Waals surface area contributed by atoms with Gasteiger partial charge in [0.05, 0.1) is 37.6 Å². The number of aliphatic hydroxyl groups is 10. The fourth-order valence-corrected chi connectivity index (χ4v) is 11.7. The van der Waals surface area contributed by atoms with Crippen molar-refractivity contribution in [2.75, 3.05) is 13.2 Å². The van der Waals surface area contributed by atoms with Gasteiger partial charge < -0.3 is 70.0 Å². The Balaban J connectivity index is 1.31. The number of hydrogen-bond donors (Lipinski definition) is 10. The first-order chi connectivity index (χ1) is 25.0. The molecule has 3 saturated carbocycles. The van der Waals surface area contributed by atoms with E-state index in [1.54, 1.807) is 0 Å². The van der Waals surface area contributed by atoms with E-state index in [1.165, 1.54) is 0 Å². The normalized spacial score (nSPS) is 51.2. The van der Waals surface area contributed by atoms with Crippen LogP contribution in [0.15, 0.2) is 11.6 Å². The molecule has 0 aromatic rings. The lowest BCUT2D eigenvalue weighted by Crippen LogP contribution is -2.62. The van der Waals surface area contributed by atoms with Crippen molar-refractivity contribution < 1.29 is 70.0 Å². The SMILES string of the molecule is CC(C)CC[C@H](O)[C@@H](C)[C@H]1[C@@H](O[C@H]2O[C@H](CO)[C@H](O)[C@@H](O)[C@H]2O)C[C@@H]2[C@@H]3CC=C4C[C@@H](O)C[C@@H](O[C@@H]5O[C@H](CO)[C@@H](O)[C@@H](O)[C@H]5O)[C@]4(C)[C@H]3CC[C@]12C. The summed E-state index contributed by atoms with van der Waals surface area (Å²) in [6.45, 7) is 9.58. The van der Waals surface area contributed by atoms with E-state index in [0.717, 1.165) is 31.3 Å². The van der Waals surface area contributed by atoms with E-state index in [9.17, 15) is 51.1 Å². The summed E-state index contributed by atoms with van der Waals surface area (Å²) < 4.78 is 24.8. The molecule has 306 valence electrons. The Hall–Kier alpha value is -0.820. The molecule has 0 unspecified atom stereocenters. The number of fused-ring (bicyclic) bond motifs is 5. The van der Waals surface area contributed by atoms with Crippen LogP contribution >= 0.6 is 0 Å². The minimum atomic E-state index is -1.59. The maximum atomic E-state index is 11.6. The van der Waals surface area contributed by atoms with Crippen LogP contribution < -0.4 is 0 Å². The molecule has 4 aliphatic carbocycles. The molecule has 14 nitrogen and oxygen atoms in total. The molecule has 0 spiro atoms. The summed E-state index contributed by atoms with van der Waals surface area (Å²) in [5.74, 6) is 0.371. The van der Waals surface area contributed by atoms with Crippen molar-refractivity contribution in [1.82, 2.24) is 0 Å². The average Bonchev–Trinajstić information content (AvgIpc) is 3.42. The molecule has 21 atom stereocenters. The van der Waals surface area contributed by atoms with Crippen LogP contribution in [0, 0.1) is 46.3 Å². The molecule has 53 heavy (non-hydrogen) atoms. The van der Waals surface area contributed by atoms with Crippen LogP contribution in [0.3, 0.4) is 0 Å². The summed E-state index contributed by atoms with van der Waals surface area (Å²) in [4.78, 5) is 0. The molecule has 6 rings (SSSR count). The van der Waals surface area contributed by atoms with E-state index in [2.05, 4.69) is 40.7 Å². The highest BCUT2D eigenvalue weighted by Crippen LogP contribution is 2.68. The Labute approximate surface area is 312 Å². The number of aliphatic hydroxyl groups excluding tert-OH is 10. The molecule has 0 bridgehead atoms. The highest BCUT2D eigenvalue weighted by atomic mass is 16.7. The molecule has 5 fully saturated rings. The maximum Gasteiger partial charge on any atom is 0.187 e. The summed E-state index contributed by atoms with van der Waals surface area (Å²) in [6.07, 6.45) is -9.27. The van der Waals surface area contributed by atoms with Gasteiger partial charge in [0.2, 0.25) is 0 Å². The second kappa shape index (κ2) is 16.2. The highest BCUT2D eigenvalue weighted by molar-refractivity contribution is 5.28. The lowest BCUT2D eigenvalue weighted by Gasteiger charge is -2.60. The second-order valence-corrected chi connectivity index (χ2v) is 18.1. The quantitative estimate of drug-likeness (QED) is 0.124. The lowest BCUT2D eigenvalue weighted by atomic mass is 9.46. The van der Waals surface area contributed by atoms with Gasteiger partial charge in [0, 0.05) is 11.8 Å². The summed E-state index contributed by atoms with van der Waals surface area (Å²) in [6, 6.07) is 0. The van der Waals surface area contributed by atoms with E-state index in [1.807, 2.05) is 0 Å². The molecule has 2 heterocycles. The minimum Gasteiger partial charge on any atom is -0.394 e. The monoisotopic (exact) mass is 758 g/mol. The van der Waals surface area contributed by atoms with Gasteiger partial charge in [-0.2, -0.15) is 0 Å². The predicted octanol–water partition coefficient (Wildman–Crippen LogP) is -0.0505. The number of allylic oxidation sites excluding steroid dienone is 1. The van der Waals surface area contributed by atoms with Crippen molar-refractivity contribution in [2.45, 2.75) is 172 Å². The molecule has 0 aromatic heterocycles. The van der Waals surface area contributed by atoms with Gasteiger partial charge in [0.25, 0.3) is 0 Å². The third-order valence-corrected chi connectivity index (χ3v) is 14.7. The molecular weight excluding hydrogens is 692 g/mol. The van der Waals surface area contributed by atoms with Crippen LogP contribution in [0.25, 0.3) is 0 Å². The molecule has 0 amide bonds. The first-order valence-corrected chi connectivity index (χ1v) is 19.9. The highest BCUT2D eigenvalue weighted by Gasteiger charge is 2.65. The third-order valence-electron chi connectivity index (χ3n) is 14.7. The van der Waals surface area contributed by atoms with E-state index < -0.39 is 104 Å². The van der Waals surface area contributed by atoms with Crippen LogP contribution in [0.2, 0.25) is 0 Å². The largest absolute Gasteiger partial charge is 0.394 e. The zero-order valence-electron chi connectivity index (χ0n) is 31.8. The third kappa shape index (κ3) is 7.42. The van der Waals surface area contributed by atoms with E-state index in [-0.39, 0.29) is 41.4 Å². The van der Waals surface area contributed by atoms with Crippen molar-refractivity contribution >= 4 is 0 Å². The summed E-state index contributed by atoms with van der Waals surface area (Å²) in [7, 11) is 0. The van der Waals surface area contributed by atoms with Crippen LogP contribution in [-0.4, -0.2) is 150 Å². The van der Waals surface area contributed by atoms with Gasteiger partial charge in [-0.05, 0) is 85.9 Å². The molecule has 0 radical (unpaired) electrons. The molecule has 6 aliphatic rings. The summed E-state index contributed by atoms with van der Waals surface area (Å²) in [5, 5.41) is 106. The van der Waals surface area contributed by atoms with Gasteiger partial charge in [-0.25, -0.2) is 0 Å². The molecule has 10 N–H and O–H groups in total. The first kappa shape index (κ1) is 41.8. The maximum absolute atomic E-state index is 11.6. The number of rotatable bonds is 11. The van der Waals surface area contributed by atoms with Crippen molar-refractivity contribution in [2.24, 2.45) is 46.3 Å². The van der Waals surface area contributed by atoms with Crippen LogP contribution in [0.4, 0.5) is 0 Å². The Morgan fingerprint density at radius 1 is 0.774 bits per heavy atom. The fourth-order valence-electron chi connectivity index (χ4n) is 11.7.